The first-order valence-corrected chi connectivity index (χ1v) is 6.88. The largest absolute Gasteiger partial charge is 0.506 e. The van der Waals surface area contributed by atoms with E-state index in [4.69, 9.17) is 12.2 Å². The van der Waals surface area contributed by atoms with E-state index in [1.54, 1.807) is 30.9 Å². The number of aromatic hydroxyl groups is 1. The van der Waals surface area contributed by atoms with Crippen molar-refractivity contribution in [3.8, 4) is 5.75 Å². The van der Waals surface area contributed by atoms with Gasteiger partial charge in [0, 0.05) is 30.8 Å². The van der Waals surface area contributed by atoms with Crippen LogP contribution in [0.3, 0.4) is 0 Å². The summed E-state index contributed by atoms with van der Waals surface area (Å²) in [6.07, 6.45) is 0. The molecule has 0 aromatic carbocycles. The Morgan fingerprint density at radius 3 is 3.00 bits per heavy atom. The summed E-state index contributed by atoms with van der Waals surface area (Å²) < 4.78 is 0. The first kappa shape index (κ1) is 14.1. The van der Waals surface area contributed by atoms with E-state index < -0.39 is 0 Å². The number of hydrogen-bond donors (Lipinski definition) is 3. The molecule has 0 radical (unpaired) electrons. The fourth-order valence-electron chi connectivity index (χ4n) is 1.20. The van der Waals surface area contributed by atoms with Crippen molar-refractivity contribution in [3.63, 3.8) is 0 Å². The molecule has 3 N–H and O–H groups in total. The molecule has 94 valence electrons. The lowest BCUT2D eigenvalue weighted by atomic mass is 10.3. The van der Waals surface area contributed by atoms with Crippen LogP contribution in [0.15, 0.2) is 12.1 Å². The molecule has 1 aromatic rings. The monoisotopic (exact) mass is 271 g/mol. The number of nitrogens with zero attached hydrogens (tertiary/aromatic N) is 1. The Labute approximate surface area is 111 Å². The quantitative estimate of drug-likeness (QED) is 0.556. The Morgan fingerprint density at radius 2 is 2.29 bits per heavy atom. The fourth-order valence-corrected chi connectivity index (χ4v) is 2.10. The van der Waals surface area contributed by atoms with Gasteiger partial charge < -0.3 is 15.7 Å². The minimum Gasteiger partial charge on any atom is -0.506 e. The summed E-state index contributed by atoms with van der Waals surface area (Å²) in [5, 5.41) is 16.2. The molecule has 0 bridgehead atoms. The molecule has 0 saturated carbocycles. The highest BCUT2D eigenvalue weighted by molar-refractivity contribution is 7.98. The van der Waals surface area contributed by atoms with Gasteiger partial charge in [0.15, 0.2) is 5.11 Å². The van der Waals surface area contributed by atoms with E-state index >= 15 is 0 Å². The van der Waals surface area contributed by atoms with Gasteiger partial charge in [0.05, 0.1) is 5.69 Å². The summed E-state index contributed by atoms with van der Waals surface area (Å²) in [5.74, 6) is 1.89. The molecule has 1 heterocycles. The second-order valence-corrected chi connectivity index (χ2v) is 4.99. The van der Waals surface area contributed by atoms with Crippen LogP contribution < -0.4 is 10.6 Å². The minimum atomic E-state index is 0.266. The molecule has 0 aliphatic carbocycles. The summed E-state index contributed by atoms with van der Waals surface area (Å²) in [6, 6.07) is 3.49. The zero-order valence-corrected chi connectivity index (χ0v) is 11.6. The van der Waals surface area contributed by atoms with Crippen LogP contribution in [0.2, 0.25) is 0 Å². The van der Waals surface area contributed by atoms with E-state index in [2.05, 4.69) is 15.6 Å². The molecule has 0 amide bonds. The molecule has 1 rings (SSSR count). The average molecular weight is 271 g/mol. The maximum absolute atomic E-state index is 9.60. The van der Waals surface area contributed by atoms with Gasteiger partial charge in [-0.3, -0.25) is 4.98 Å². The first-order valence-electron chi connectivity index (χ1n) is 5.32. The number of aromatic nitrogens is 1. The first-order chi connectivity index (χ1) is 8.13. The highest BCUT2D eigenvalue weighted by Gasteiger charge is 2.03. The lowest BCUT2D eigenvalue weighted by molar-refractivity contribution is 0.466. The van der Waals surface area contributed by atoms with Crippen molar-refractivity contribution in [2.24, 2.45) is 0 Å². The summed E-state index contributed by atoms with van der Waals surface area (Å²) in [7, 11) is 1.79. The van der Waals surface area contributed by atoms with Gasteiger partial charge in [-0.05, 0) is 31.3 Å². The van der Waals surface area contributed by atoms with Crippen molar-refractivity contribution in [2.75, 3.05) is 19.3 Å². The average Bonchev–Trinajstić information content (AvgIpc) is 2.32. The molecule has 0 spiro atoms. The predicted octanol–water partition coefficient (Wildman–Crippen LogP) is 1.42. The normalized spacial score (nSPS) is 10.0. The number of hydrogen-bond acceptors (Lipinski definition) is 4. The van der Waals surface area contributed by atoms with Gasteiger partial charge >= 0.3 is 0 Å². The van der Waals surface area contributed by atoms with Crippen LogP contribution in [0.1, 0.15) is 11.4 Å². The van der Waals surface area contributed by atoms with Gasteiger partial charge in [-0.1, -0.05) is 0 Å². The molecule has 0 aliphatic heterocycles. The molecule has 17 heavy (non-hydrogen) atoms. The van der Waals surface area contributed by atoms with Gasteiger partial charge in [0.2, 0.25) is 0 Å². The summed E-state index contributed by atoms with van der Waals surface area (Å²) in [4.78, 5) is 4.29. The third-order valence-corrected chi connectivity index (χ3v) is 3.41. The van der Waals surface area contributed by atoms with Crippen LogP contribution in [0, 0.1) is 6.92 Å². The smallest absolute Gasteiger partial charge is 0.166 e. The molecule has 6 heteroatoms. The van der Waals surface area contributed by atoms with E-state index in [1.165, 1.54) is 0 Å². The van der Waals surface area contributed by atoms with Crippen LogP contribution in [-0.4, -0.2) is 34.5 Å². The van der Waals surface area contributed by atoms with E-state index in [0.29, 0.717) is 10.9 Å². The molecule has 0 saturated heterocycles. The molecule has 0 aliphatic rings. The molecular formula is C11H17N3OS2. The van der Waals surface area contributed by atoms with Crippen LogP contribution in [0.25, 0.3) is 0 Å². The number of thiocarbonyl (C=S) groups is 1. The van der Waals surface area contributed by atoms with Crippen molar-refractivity contribution in [1.29, 1.82) is 0 Å². The number of rotatable bonds is 5. The third kappa shape index (κ3) is 5.23. The van der Waals surface area contributed by atoms with Crippen molar-refractivity contribution in [1.82, 2.24) is 15.6 Å². The third-order valence-electron chi connectivity index (χ3n) is 2.09. The summed E-state index contributed by atoms with van der Waals surface area (Å²) >= 11 is 6.66. The molecule has 0 unspecified atom stereocenters. The second kappa shape index (κ2) is 7.34. The molecule has 1 aromatic heterocycles. The Kier molecular flexibility index (Phi) is 6.07. The lowest BCUT2D eigenvalue weighted by Gasteiger charge is -2.07. The zero-order valence-electron chi connectivity index (χ0n) is 9.99. The Hall–Kier alpha value is -1.01. The van der Waals surface area contributed by atoms with E-state index in [9.17, 15) is 5.11 Å². The Morgan fingerprint density at radius 1 is 1.53 bits per heavy atom. The topological polar surface area (TPSA) is 57.2 Å². The molecule has 0 fully saturated rings. The standard InChI is InChI=1S/C11H17N3OS2/c1-8-3-4-10(15)9(14-8)7-17-6-5-13-11(16)12-2/h3-4,15H,5-7H2,1-2H3,(H2,12,13,16). The zero-order chi connectivity index (χ0) is 12.7. The molecule has 4 nitrogen and oxygen atoms in total. The van der Waals surface area contributed by atoms with Crippen molar-refractivity contribution in [2.45, 2.75) is 12.7 Å². The summed E-state index contributed by atoms with van der Waals surface area (Å²) in [5.41, 5.74) is 1.67. The molecular weight excluding hydrogens is 254 g/mol. The van der Waals surface area contributed by atoms with Gasteiger partial charge in [0.25, 0.3) is 0 Å². The van der Waals surface area contributed by atoms with Crippen molar-refractivity contribution < 1.29 is 5.11 Å². The maximum Gasteiger partial charge on any atom is 0.166 e. The van der Waals surface area contributed by atoms with Crippen molar-refractivity contribution >= 4 is 29.1 Å². The van der Waals surface area contributed by atoms with Gasteiger partial charge in [-0.15, -0.1) is 0 Å². The highest BCUT2D eigenvalue weighted by atomic mass is 32.2. The van der Waals surface area contributed by atoms with E-state index in [0.717, 1.165) is 23.7 Å². The summed E-state index contributed by atoms with van der Waals surface area (Å²) in [6.45, 7) is 2.72. The molecule has 0 atom stereocenters. The second-order valence-electron chi connectivity index (χ2n) is 3.48. The predicted molar refractivity (Wildman–Crippen MR) is 76.5 cm³/mol. The van der Waals surface area contributed by atoms with Crippen LogP contribution >= 0.6 is 24.0 Å². The Balaban J connectivity index is 2.26. The van der Waals surface area contributed by atoms with Crippen LogP contribution in [0.5, 0.6) is 5.75 Å². The fraction of sp³-hybridized carbons (Fsp3) is 0.455. The Bertz CT molecular complexity index is 385. The lowest BCUT2D eigenvalue weighted by Crippen LogP contribution is -2.33. The minimum absolute atomic E-state index is 0.266. The van der Waals surface area contributed by atoms with Gasteiger partial charge in [0.1, 0.15) is 5.75 Å². The van der Waals surface area contributed by atoms with Gasteiger partial charge in [-0.25, -0.2) is 0 Å². The maximum atomic E-state index is 9.60. The van der Waals surface area contributed by atoms with Crippen LogP contribution in [0.4, 0.5) is 0 Å². The van der Waals surface area contributed by atoms with E-state index in [1.807, 2.05) is 6.92 Å². The number of nitrogens with one attached hydrogen (secondary N) is 2. The van der Waals surface area contributed by atoms with E-state index in [-0.39, 0.29) is 5.75 Å². The highest BCUT2D eigenvalue weighted by Crippen LogP contribution is 2.19. The number of thioether (sulfide) groups is 1. The van der Waals surface area contributed by atoms with Gasteiger partial charge in [-0.2, -0.15) is 11.8 Å². The van der Waals surface area contributed by atoms with Crippen molar-refractivity contribution in [3.05, 3.63) is 23.5 Å². The van der Waals surface area contributed by atoms with Crippen LogP contribution in [-0.2, 0) is 5.75 Å². The SMILES string of the molecule is CNC(=S)NCCSCc1nc(C)ccc1O. The number of aryl methyl sites for hydroxylation is 1. The number of pyridine rings is 1.